The van der Waals surface area contributed by atoms with Crippen LogP contribution >= 0.6 is 34.8 Å². The molecule has 0 spiro atoms. The maximum Gasteiger partial charge on any atom is 0.343 e. The number of aryl methyl sites for hydroxylation is 1. The van der Waals surface area contributed by atoms with Gasteiger partial charge in [-0.05, 0) is 37.6 Å². The van der Waals surface area contributed by atoms with Gasteiger partial charge in [-0.2, -0.15) is 5.10 Å². The van der Waals surface area contributed by atoms with Crippen molar-refractivity contribution >= 4 is 52.4 Å². The number of anilines is 1. The molecule has 1 N–H and O–H groups in total. The van der Waals surface area contributed by atoms with E-state index in [1.807, 2.05) is 30.3 Å². The summed E-state index contributed by atoms with van der Waals surface area (Å²) in [6, 6.07) is 14.2. The highest BCUT2D eigenvalue weighted by molar-refractivity contribution is 6.36. The lowest BCUT2D eigenvalue weighted by atomic mass is 10.2. The molecule has 0 radical (unpaired) electrons. The predicted octanol–water partition coefficient (Wildman–Crippen LogP) is 5.38. The Bertz CT molecular complexity index is 1080. The fraction of sp³-hybridized carbons (Fsp3) is 0.190. The van der Waals surface area contributed by atoms with Gasteiger partial charge in [0.05, 0.1) is 22.9 Å². The van der Waals surface area contributed by atoms with Crippen LogP contribution in [0.25, 0.3) is 0 Å². The second kappa shape index (κ2) is 9.51. The number of amides is 1. The van der Waals surface area contributed by atoms with E-state index in [4.69, 9.17) is 39.5 Å². The molecule has 0 fully saturated rings. The summed E-state index contributed by atoms with van der Waals surface area (Å²) in [5.74, 6) is -1.28. The molecule has 3 aromatic rings. The SMILES string of the molecule is Cc1nn(Cc2ccccc2)c(Cl)c1C(=O)O[C@H](C)C(=O)Nc1ccc(Cl)cc1Cl. The molecule has 0 unspecified atom stereocenters. The van der Waals surface area contributed by atoms with Gasteiger partial charge in [0, 0.05) is 5.02 Å². The number of rotatable bonds is 6. The van der Waals surface area contributed by atoms with E-state index in [2.05, 4.69) is 10.4 Å². The van der Waals surface area contributed by atoms with Crippen LogP contribution in [0.2, 0.25) is 15.2 Å². The summed E-state index contributed by atoms with van der Waals surface area (Å²) in [6.07, 6.45) is -1.09. The number of nitrogens with zero attached hydrogens (tertiary/aromatic N) is 2. The molecule has 0 saturated carbocycles. The van der Waals surface area contributed by atoms with Gasteiger partial charge in [-0.25, -0.2) is 9.48 Å². The van der Waals surface area contributed by atoms with Gasteiger partial charge in [-0.3, -0.25) is 4.79 Å². The van der Waals surface area contributed by atoms with Crippen molar-refractivity contribution < 1.29 is 14.3 Å². The Hall–Kier alpha value is -2.54. The van der Waals surface area contributed by atoms with Crippen LogP contribution in [0.3, 0.4) is 0 Å². The molecule has 1 heterocycles. The van der Waals surface area contributed by atoms with E-state index in [0.29, 0.717) is 22.9 Å². The topological polar surface area (TPSA) is 73.2 Å². The second-order valence-corrected chi connectivity index (χ2v) is 7.76. The van der Waals surface area contributed by atoms with E-state index < -0.39 is 18.0 Å². The number of hydrogen-bond donors (Lipinski definition) is 1. The molecule has 6 nitrogen and oxygen atoms in total. The number of hydrogen-bond acceptors (Lipinski definition) is 4. The highest BCUT2D eigenvalue weighted by atomic mass is 35.5. The quantitative estimate of drug-likeness (QED) is 0.495. The molecule has 0 aliphatic heterocycles. The van der Waals surface area contributed by atoms with Crippen LogP contribution in [0.4, 0.5) is 5.69 Å². The monoisotopic (exact) mass is 465 g/mol. The summed E-state index contributed by atoms with van der Waals surface area (Å²) in [7, 11) is 0. The fourth-order valence-corrected chi connectivity index (χ4v) is 3.51. The standard InChI is InChI=1S/C21H18Cl3N3O3/c1-12-18(19(24)27(26-12)11-14-6-4-3-5-7-14)21(29)30-13(2)20(28)25-17-9-8-15(22)10-16(17)23/h3-10,13H,11H2,1-2H3,(H,25,28)/t13-/m1/s1. The fourth-order valence-electron chi connectivity index (χ4n) is 2.74. The van der Waals surface area contributed by atoms with Crippen molar-refractivity contribution in [1.29, 1.82) is 0 Å². The van der Waals surface area contributed by atoms with Crippen LogP contribution in [-0.2, 0) is 16.1 Å². The Labute approximate surface area is 188 Å². The van der Waals surface area contributed by atoms with E-state index in [-0.39, 0.29) is 15.7 Å². The number of halogens is 3. The van der Waals surface area contributed by atoms with Crippen molar-refractivity contribution in [3.8, 4) is 0 Å². The van der Waals surface area contributed by atoms with Crippen LogP contribution in [0.5, 0.6) is 0 Å². The average molecular weight is 467 g/mol. The second-order valence-electron chi connectivity index (χ2n) is 6.56. The van der Waals surface area contributed by atoms with Crippen LogP contribution < -0.4 is 5.32 Å². The zero-order chi connectivity index (χ0) is 21.8. The number of ether oxygens (including phenoxy) is 1. The molecular formula is C21H18Cl3N3O3. The van der Waals surface area contributed by atoms with Gasteiger partial charge in [-0.1, -0.05) is 65.1 Å². The number of esters is 1. The molecule has 1 amide bonds. The Balaban J connectivity index is 1.69. The molecule has 1 atom stereocenters. The van der Waals surface area contributed by atoms with Gasteiger partial charge in [0.25, 0.3) is 5.91 Å². The third kappa shape index (κ3) is 5.14. The minimum atomic E-state index is -1.09. The molecule has 0 aliphatic carbocycles. The lowest BCUT2D eigenvalue weighted by molar-refractivity contribution is -0.123. The average Bonchev–Trinajstić information content (AvgIpc) is 2.97. The van der Waals surface area contributed by atoms with Crippen molar-refractivity contribution in [2.24, 2.45) is 0 Å². The van der Waals surface area contributed by atoms with Crippen molar-refractivity contribution in [1.82, 2.24) is 9.78 Å². The van der Waals surface area contributed by atoms with E-state index in [0.717, 1.165) is 5.56 Å². The molecule has 2 aromatic carbocycles. The lowest BCUT2D eigenvalue weighted by Gasteiger charge is -2.14. The number of carbonyl (C=O) groups excluding carboxylic acids is 2. The van der Waals surface area contributed by atoms with E-state index >= 15 is 0 Å². The third-order valence-corrected chi connectivity index (χ3v) is 5.22. The molecule has 3 rings (SSSR count). The van der Waals surface area contributed by atoms with E-state index in [1.54, 1.807) is 19.1 Å². The first-order valence-electron chi connectivity index (χ1n) is 9.00. The Morgan fingerprint density at radius 2 is 1.83 bits per heavy atom. The zero-order valence-electron chi connectivity index (χ0n) is 16.2. The Kier molecular flexibility index (Phi) is 7.02. The highest BCUT2D eigenvalue weighted by Gasteiger charge is 2.26. The van der Waals surface area contributed by atoms with Gasteiger partial charge in [-0.15, -0.1) is 0 Å². The van der Waals surface area contributed by atoms with Crippen LogP contribution in [-0.4, -0.2) is 27.8 Å². The lowest BCUT2D eigenvalue weighted by Crippen LogP contribution is -2.30. The Morgan fingerprint density at radius 1 is 1.13 bits per heavy atom. The van der Waals surface area contributed by atoms with Crippen molar-refractivity contribution in [3.63, 3.8) is 0 Å². The van der Waals surface area contributed by atoms with E-state index in [1.165, 1.54) is 17.7 Å². The normalized spacial score (nSPS) is 11.8. The summed E-state index contributed by atoms with van der Waals surface area (Å²) >= 11 is 18.3. The first-order chi connectivity index (χ1) is 14.3. The molecule has 0 saturated heterocycles. The molecule has 0 aliphatic rings. The van der Waals surface area contributed by atoms with Gasteiger partial charge < -0.3 is 10.1 Å². The summed E-state index contributed by atoms with van der Waals surface area (Å²) in [5, 5.41) is 7.78. The number of carbonyl (C=O) groups is 2. The summed E-state index contributed by atoms with van der Waals surface area (Å²) in [4.78, 5) is 25.0. The van der Waals surface area contributed by atoms with Gasteiger partial charge in [0.2, 0.25) is 0 Å². The van der Waals surface area contributed by atoms with E-state index in [9.17, 15) is 9.59 Å². The molecule has 30 heavy (non-hydrogen) atoms. The predicted molar refractivity (Wildman–Crippen MR) is 117 cm³/mol. The minimum Gasteiger partial charge on any atom is -0.449 e. The number of aromatic nitrogens is 2. The molecule has 156 valence electrons. The smallest absolute Gasteiger partial charge is 0.343 e. The van der Waals surface area contributed by atoms with Gasteiger partial charge >= 0.3 is 5.97 Å². The van der Waals surface area contributed by atoms with Crippen LogP contribution in [0.15, 0.2) is 48.5 Å². The van der Waals surface area contributed by atoms with Gasteiger partial charge in [0.1, 0.15) is 10.7 Å². The molecule has 9 heteroatoms. The van der Waals surface area contributed by atoms with Crippen molar-refractivity contribution in [3.05, 3.63) is 80.6 Å². The molecule has 0 bridgehead atoms. The van der Waals surface area contributed by atoms with Crippen LogP contribution in [0, 0.1) is 6.92 Å². The minimum absolute atomic E-state index is 0.122. The molecular weight excluding hydrogens is 449 g/mol. The maximum atomic E-state index is 12.6. The summed E-state index contributed by atoms with van der Waals surface area (Å²) in [5.41, 5.74) is 1.87. The number of nitrogens with one attached hydrogen (secondary N) is 1. The Morgan fingerprint density at radius 3 is 2.50 bits per heavy atom. The molecule has 1 aromatic heterocycles. The van der Waals surface area contributed by atoms with Gasteiger partial charge in [0.15, 0.2) is 6.10 Å². The summed E-state index contributed by atoms with van der Waals surface area (Å²) < 4.78 is 6.82. The first-order valence-corrected chi connectivity index (χ1v) is 10.1. The zero-order valence-corrected chi connectivity index (χ0v) is 18.4. The first kappa shape index (κ1) is 22.2. The summed E-state index contributed by atoms with van der Waals surface area (Å²) in [6.45, 7) is 3.51. The van der Waals surface area contributed by atoms with Crippen molar-refractivity contribution in [2.75, 3.05) is 5.32 Å². The van der Waals surface area contributed by atoms with Crippen LogP contribution in [0.1, 0.15) is 28.5 Å². The highest BCUT2D eigenvalue weighted by Crippen LogP contribution is 2.26. The maximum absolute atomic E-state index is 12.6. The number of benzene rings is 2. The van der Waals surface area contributed by atoms with Crippen molar-refractivity contribution in [2.45, 2.75) is 26.5 Å². The largest absolute Gasteiger partial charge is 0.449 e. The third-order valence-electron chi connectivity index (χ3n) is 4.29.